The van der Waals surface area contributed by atoms with Crippen molar-refractivity contribution in [1.82, 2.24) is 4.98 Å². The third-order valence-electron chi connectivity index (χ3n) is 2.62. The van der Waals surface area contributed by atoms with Crippen LogP contribution < -0.4 is 4.74 Å². The third-order valence-corrected chi connectivity index (χ3v) is 3.71. The van der Waals surface area contributed by atoms with Crippen LogP contribution in [0.4, 0.5) is 8.78 Å². The Labute approximate surface area is 112 Å². The molecule has 0 amide bonds. The smallest absolute Gasteiger partial charge is 0.387 e. The Hall–Kier alpha value is -2.01. The Kier molecular flexibility index (Phi) is 3.13. The van der Waals surface area contributed by atoms with Crippen molar-refractivity contribution >= 4 is 21.6 Å². The van der Waals surface area contributed by atoms with Gasteiger partial charge >= 0.3 is 6.61 Å². The number of aromatic nitrogens is 1. The normalized spacial score (nSPS) is 11.1. The number of benzene rings is 2. The van der Waals surface area contributed by atoms with E-state index in [1.165, 1.54) is 12.1 Å². The molecule has 19 heavy (non-hydrogen) atoms. The van der Waals surface area contributed by atoms with Crippen LogP contribution in [0.2, 0.25) is 0 Å². The van der Waals surface area contributed by atoms with Crippen LogP contribution in [-0.2, 0) is 0 Å². The van der Waals surface area contributed by atoms with Gasteiger partial charge in [0.2, 0.25) is 0 Å². The standard InChI is InChI=1S/C14H9F2NOS/c15-14(16)18-10-7-5-9(6-8-10)13-17-11-3-1-2-4-12(11)19-13/h1-8,14H. The van der Waals surface area contributed by atoms with E-state index in [4.69, 9.17) is 0 Å². The second kappa shape index (κ2) is 4.93. The fourth-order valence-electron chi connectivity index (χ4n) is 1.77. The fraction of sp³-hybridized carbons (Fsp3) is 0.0714. The van der Waals surface area contributed by atoms with Crippen LogP contribution in [0.3, 0.4) is 0 Å². The zero-order chi connectivity index (χ0) is 13.2. The molecule has 0 saturated carbocycles. The fourth-order valence-corrected chi connectivity index (χ4v) is 2.75. The molecule has 1 aromatic heterocycles. The van der Waals surface area contributed by atoms with Gasteiger partial charge in [0.05, 0.1) is 10.2 Å². The quantitative estimate of drug-likeness (QED) is 0.700. The molecule has 0 aliphatic heterocycles. The molecule has 0 spiro atoms. The van der Waals surface area contributed by atoms with E-state index in [2.05, 4.69) is 9.72 Å². The molecule has 0 aliphatic rings. The van der Waals surface area contributed by atoms with Crippen molar-refractivity contribution in [2.45, 2.75) is 6.61 Å². The van der Waals surface area contributed by atoms with Crippen LogP contribution in [0.5, 0.6) is 5.75 Å². The van der Waals surface area contributed by atoms with Gasteiger partial charge in [-0.2, -0.15) is 8.78 Å². The van der Waals surface area contributed by atoms with E-state index in [9.17, 15) is 8.78 Å². The highest BCUT2D eigenvalue weighted by Gasteiger charge is 2.07. The first-order chi connectivity index (χ1) is 9.22. The molecule has 5 heteroatoms. The average molecular weight is 277 g/mol. The van der Waals surface area contributed by atoms with Gasteiger partial charge in [0, 0.05) is 5.56 Å². The van der Waals surface area contributed by atoms with E-state index in [0.717, 1.165) is 20.8 Å². The van der Waals surface area contributed by atoms with Crippen molar-refractivity contribution in [3.8, 4) is 16.3 Å². The number of thiazole rings is 1. The SMILES string of the molecule is FC(F)Oc1ccc(-c2nc3ccccc3s2)cc1. The van der Waals surface area contributed by atoms with Gasteiger partial charge in [-0.15, -0.1) is 11.3 Å². The number of nitrogens with zero attached hydrogens (tertiary/aromatic N) is 1. The van der Waals surface area contributed by atoms with E-state index in [1.54, 1.807) is 23.5 Å². The summed E-state index contributed by atoms with van der Waals surface area (Å²) in [6.45, 7) is -2.80. The Morgan fingerprint density at radius 1 is 1.00 bits per heavy atom. The summed E-state index contributed by atoms with van der Waals surface area (Å²) in [4.78, 5) is 4.50. The molecule has 3 rings (SSSR count). The molecule has 0 N–H and O–H groups in total. The highest BCUT2D eigenvalue weighted by molar-refractivity contribution is 7.21. The summed E-state index contributed by atoms with van der Waals surface area (Å²) in [6, 6.07) is 14.4. The summed E-state index contributed by atoms with van der Waals surface area (Å²) in [5.41, 5.74) is 1.83. The molecule has 0 bridgehead atoms. The number of rotatable bonds is 3. The second-order valence-electron chi connectivity index (χ2n) is 3.89. The minimum atomic E-state index is -2.80. The number of fused-ring (bicyclic) bond motifs is 1. The van der Waals surface area contributed by atoms with Crippen molar-refractivity contribution < 1.29 is 13.5 Å². The number of halogens is 2. The van der Waals surface area contributed by atoms with Crippen LogP contribution in [0, 0.1) is 0 Å². The predicted molar refractivity (Wildman–Crippen MR) is 71.7 cm³/mol. The van der Waals surface area contributed by atoms with Crippen LogP contribution in [-0.4, -0.2) is 11.6 Å². The number of hydrogen-bond acceptors (Lipinski definition) is 3. The van der Waals surface area contributed by atoms with E-state index >= 15 is 0 Å². The van der Waals surface area contributed by atoms with E-state index < -0.39 is 6.61 Å². The lowest BCUT2D eigenvalue weighted by molar-refractivity contribution is -0.0498. The van der Waals surface area contributed by atoms with Crippen LogP contribution in [0.1, 0.15) is 0 Å². The number of para-hydroxylation sites is 1. The average Bonchev–Trinajstić information content (AvgIpc) is 2.82. The Bertz CT molecular complexity index is 661. The lowest BCUT2D eigenvalue weighted by Gasteiger charge is -2.04. The largest absolute Gasteiger partial charge is 0.435 e. The summed E-state index contributed by atoms with van der Waals surface area (Å²) in [6.07, 6.45) is 0. The molecule has 3 aromatic rings. The first kappa shape index (κ1) is 12.0. The van der Waals surface area contributed by atoms with Gasteiger partial charge < -0.3 is 4.74 Å². The molecular formula is C14H9F2NOS. The molecule has 96 valence electrons. The van der Waals surface area contributed by atoms with Gasteiger partial charge in [0.1, 0.15) is 10.8 Å². The van der Waals surface area contributed by atoms with Crippen molar-refractivity contribution in [1.29, 1.82) is 0 Å². The minimum absolute atomic E-state index is 0.153. The highest BCUT2D eigenvalue weighted by Crippen LogP contribution is 2.30. The van der Waals surface area contributed by atoms with Crippen molar-refractivity contribution in [2.75, 3.05) is 0 Å². The number of hydrogen-bond donors (Lipinski definition) is 0. The van der Waals surface area contributed by atoms with Gasteiger partial charge in [-0.05, 0) is 36.4 Å². The van der Waals surface area contributed by atoms with E-state index in [-0.39, 0.29) is 5.75 Å². The maximum absolute atomic E-state index is 12.1. The lowest BCUT2D eigenvalue weighted by atomic mass is 10.2. The van der Waals surface area contributed by atoms with Gasteiger partial charge in [-0.3, -0.25) is 0 Å². The first-order valence-corrected chi connectivity index (χ1v) is 6.45. The third kappa shape index (κ3) is 2.56. The zero-order valence-electron chi connectivity index (χ0n) is 9.72. The van der Waals surface area contributed by atoms with Gasteiger partial charge in [0.15, 0.2) is 0 Å². The molecule has 1 heterocycles. The molecular weight excluding hydrogens is 268 g/mol. The first-order valence-electron chi connectivity index (χ1n) is 5.63. The van der Waals surface area contributed by atoms with Crippen LogP contribution >= 0.6 is 11.3 Å². The Morgan fingerprint density at radius 2 is 1.74 bits per heavy atom. The summed E-state index contributed by atoms with van der Waals surface area (Å²) in [5.74, 6) is 0.153. The molecule has 0 unspecified atom stereocenters. The predicted octanol–water partition coefficient (Wildman–Crippen LogP) is 4.56. The highest BCUT2D eigenvalue weighted by atomic mass is 32.1. The van der Waals surface area contributed by atoms with Crippen molar-refractivity contribution in [3.63, 3.8) is 0 Å². The zero-order valence-corrected chi connectivity index (χ0v) is 10.5. The van der Waals surface area contributed by atoms with Crippen molar-refractivity contribution in [2.24, 2.45) is 0 Å². The van der Waals surface area contributed by atoms with Crippen LogP contribution in [0.25, 0.3) is 20.8 Å². The Morgan fingerprint density at radius 3 is 2.42 bits per heavy atom. The molecule has 0 atom stereocenters. The van der Waals surface area contributed by atoms with Gasteiger partial charge in [-0.1, -0.05) is 12.1 Å². The van der Waals surface area contributed by atoms with Crippen LogP contribution in [0.15, 0.2) is 48.5 Å². The summed E-state index contributed by atoms with van der Waals surface area (Å²) < 4.78 is 29.5. The minimum Gasteiger partial charge on any atom is -0.435 e. The lowest BCUT2D eigenvalue weighted by Crippen LogP contribution is -2.01. The maximum atomic E-state index is 12.1. The molecule has 0 radical (unpaired) electrons. The summed E-state index contributed by atoms with van der Waals surface area (Å²) in [5, 5.41) is 0.866. The second-order valence-corrected chi connectivity index (χ2v) is 4.92. The maximum Gasteiger partial charge on any atom is 0.387 e. The Balaban J connectivity index is 1.93. The molecule has 2 aromatic carbocycles. The topological polar surface area (TPSA) is 22.1 Å². The van der Waals surface area contributed by atoms with E-state index in [1.807, 2.05) is 24.3 Å². The van der Waals surface area contributed by atoms with Crippen molar-refractivity contribution in [3.05, 3.63) is 48.5 Å². The number of alkyl halides is 2. The number of ether oxygens (including phenoxy) is 1. The molecule has 0 fully saturated rings. The van der Waals surface area contributed by atoms with E-state index in [0.29, 0.717) is 0 Å². The monoisotopic (exact) mass is 277 g/mol. The molecule has 0 saturated heterocycles. The molecule has 2 nitrogen and oxygen atoms in total. The van der Waals surface area contributed by atoms with Gasteiger partial charge in [0.25, 0.3) is 0 Å². The molecule has 0 aliphatic carbocycles. The summed E-state index contributed by atoms with van der Waals surface area (Å²) >= 11 is 1.57. The van der Waals surface area contributed by atoms with Gasteiger partial charge in [-0.25, -0.2) is 4.98 Å². The summed E-state index contributed by atoms with van der Waals surface area (Å²) in [7, 11) is 0.